The van der Waals surface area contributed by atoms with Crippen LogP contribution in [0.15, 0.2) is 30.3 Å². The van der Waals surface area contributed by atoms with E-state index in [4.69, 9.17) is 5.73 Å². The molecule has 2 aliphatic carbocycles. The van der Waals surface area contributed by atoms with E-state index in [0.717, 1.165) is 44.1 Å². The first-order chi connectivity index (χ1) is 18.2. The van der Waals surface area contributed by atoms with Crippen molar-refractivity contribution in [1.29, 1.82) is 0 Å². The van der Waals surface area contributed by atoms with Gasteiger partial charge in [-0.1, -0.05) is 89.1 Å². The standard InChI is InChI=1S/C31H50N2O5/c1-21(2)15-28(35)30(37)27(18-23-11-7-4-8-12-23)33(26(20-34)17-22-9-5-3-6-10-22)31(38)25(19-29(32)36)16-24-13-14-24/h3,5-6,9-10,21,23-28,30,34-35,37H,4,7-8,11-20H2,1-2H3,(H2,32,36)/t25-,26+,27+,28+,30-/m1/s1. The summed E-state index contributed by atoms with van der Waals surface area (Å²) in [6.45, 7) is 3.72. The Balaban J connectivity index is 2.01. The molecule has 0 bridgehead atoms. The minimum absolute atomic E-state index is 0.0455. The number of rotatable bonds is 16. The van der Waals surface area contributed by atoms with E-state index in [1.54, 1.807) is 4.90 Å². The third-order valence-corrected chi connectivity index (χ3v) is 8.44. The first kappa shape index (κ1) is 30.6. The van der Waals surface area contributed by atoms with Gasteiger partial charge in [0.15, 0.2) is 0 Å². The first-order valence-electron chi connectivity index (χ1n) is 14.8. The number of nitrogens with two attached hydrogens (primary N) is 1. The van der Waals surface area contributed by atoms with Crippen LogP contribution in [0.1, 0.15) is 90.0 Å². The molecule has 0 heterocycles. The van der Waals surface area contributed by atoms with E-state index in [1.807, 2.05) is 44.2 Å². The van der Waals surface area contributed by atoms with Gasteiger partial charge in [0.1, 0.15) is 6.10 Å². The number of hydrogen-bond acceptors (Lipinski definition) is 5. The third-order valence-electron chi connectivity index (χ3n) is 8.44. The quantitative estimate of drug-likeness (QED) is 0.259. The zero-order valence-corrected chi connectivity index (χ0v) is 23.4. The summed E-state index contributed by atoms with van der Waals surface area (Å²) < 4.78 is 0. The van der Waals surface area contributed by atoms with Crippen molar-refractivity contribution in [3.05, 3.63) is 35.9 Å². The van der Waals surface area contributed by atoms with E-state index in [9.17, 15) is 24.9 Å². The van der Waals surface area contributed by atoms with Gasteiger partial charge in [0.25, 0.3) is 0 Å². The molecule has 7 nitrogen and oxygen atoms in total. The van der Waals surface area contributed by atoms with Crippen LogP contribution < -0.4 is 5.73 Å². The van der Waals surface area contributed by atoms with Crippen molar-refractivity contribution >= 4 is 11.8 Å². The van der Waals surface area contributed by atoms with Crippen LogP contribution in [-0.4, -0.2) is 62.9 Å². The lowest BCUT2D eigenvalue weighted by molar-refractivity contribution is -0.151. The van der Waals surface area contributed by atoms with Gasteiger partial charge in [-0.05, 0) is 49.0 Å². The molecule has 7 heteroatoms. The summed E-state index contributed by atoms with van der Waals surface area (Å²) in [5, 5.41) is 33.4. The molecule has 5 N–H and O–H groups in total. The lowest BCUT2D eigenvalue weighted by Crippen LogP contribution is -2.59. The van der Waals surface area contributed by atoms with E-state index >= 15 is 0 Å². The number of aliphatic hydroxyl groups excluding tert-OH is 3. The number of primary amides is 1. The van der Waals surface area contributed by atoms with Crippen molar-refractivity contribution in [2.75, 3.05) is 6.61 Å². The Morgan fingerprint density at radius 2 is 1.61 bits per heavy atom. The normalized spacial score (nSPS) is 20.5. The molecule has 0 aliphatic heterocycles. The van der Waals surface area contributed by atoms with Crippen LogP contribution in [0.5, 0.6) is 0 Å². The van der Waals surface area contributed by atoms with Crippen molar-refractivity contribution in [2.45, 2.75) is 115 Å². The van der Waals surface area contributed by atoms with Gasteiger partial charge in [0, 0.05) is 12.3 Å². The zero-order chi connectivity index (χ0) is 27.7. The van der Waals surface area contributed by atoms with Crippen LogP contribution in [0.4, 0.5) is 0 Å². The number of amides is 2. The van der Waals surface area contributed by atoms with Gasteiger partial charge in [0.2, 0.25) is 11.8 Å². The van der Waals surface area contributed by atoms with E-state index in [2.05, 4.69) is 0 Å². The molecule has 38 heavy (non-hydrogen) atoms. The number of hydrogen-bond donors (Lipinski definition) is 4. The number of carbonyl (C=O) groups excluding carboxylic acids is 2. The van der Waals surface area contributed by atoms with E-state index < -0.39 is 36.1 Å². The zero-order valence-electron chi connectivity index (χ0n) is 23.4. The Labute approximate surface area is 228 Å². The second-order valence-electron chi connectivity index (χ2n) is 12.3. The Bertz CT molecular complexity index is 853. The Morgan fingerprint density at radius 3 is 2.16 bits per heavy atom. The minimum atomic E-state index is -1.15. The van der Waals surface area contributed by atoms with Crippen molar-refractivity contribution in [2.24, 2.45) is 29.4 Å². The highest BCUT2D eigenvalue weighted by molar-refractivity contribution is 5.85. The van der Waals surface area contributed by atoms with Gasteiger partial charge in [-0.25, -0.2) is 0 Å². The molecule has 2 aliphatic rings. The van der Waals surface area contributed by atoms with Crippen LogP contribution in [0.3, 0.4) is 0 Å². The van der Waals surface area contributed by atoms with Crippen molar-refractivity contribution in [3.63, 3.8) is 0 Å². The largest absolute Gasteiger partial charge is 0.394 e. The Morgan fingerprint density at radius 1 is 0.974 bits per heavy atom. The summed E-state index contributed by atoms with van der Waals surface area (Å²) in [6, 6.07) is 8.48. The molecule has 1 aromatic carbocycles. The van der Waals surface area contributed by atoms with Gasteiger partial charge < -0.3 is 26.0 Å². The van der Waals surface area contributed by atoms with Crippen LogP contribution in [0, 0.1) is 23.7 Å². The number of aliphatic hydroxyl groups is 3. The van der Waals surface area contributed by atoms with Crippen LogP contribution in [0.2, 0.25) is 0 Å². The highest BCUT2D eigenvalue weighted by atomic mass is 16.3. The molecule has 0 aromatic heterocycles. The van der Waals surface area contributed by atoms with Crippen LogP contribution >= 0.6 is 0 Å². The Hall–Kier alpha value is -1.96. The summed E-state index contributed by atoms with van der Waals surface area (Å²) >= 11 is 0. The molecule has 0 spiro atoms. The molecule has 0 unspecified atom stereocenters. The van der Waals surface area contributed by atoms with Gasteiger partial charge in [-0.3, -0.25) is 9.59 Å². The maximum atomic E-state index is 14.4. The lowest BCUT2D eigenvalue weighted by Gasteiger charge is -2.44. The molecule has 5 atom stereocenters. The summed E-state index contributed by atoms with van der Waals surface area (Å²) in [6.07, 6.45) is 7.37. The minimum Gasteiger partial charge on any atom is -0.394 e. The number of benzene rings is 1. The summed E-state index contributed by atoms with van der Waals surface area (Å²) in [5.41, 5.74) is 6.58. The van der Waals surface area contributed by atoms with Gasteiger partial charge in [0.05, 0.1) is 24.8 Å². The number of nitrogens with zero attached hydrogens (tertiary/aromatic N) is 1. The fourth-order valence-electron chi connectivity index (χ4n) is 6.29. The van der Waals surface area contributed by atoms with E-state index in [0.29, 0.717) is 37.5 Å². The average Bonchev–Trinajstić information content (AvgIpc) is 3.71. The highest BCUT2D eigenvalue weighted by Gasteiger charge is 2.42. The topological polar surface area (TPSA) is 124 Å². The van der Waals surface area contributed by atoms with Crippen LogP contribution in [0.25, 0.3) is 0 Å². The Kier molecular flexibility index (Phi) is 12.1. The maximum absolute atomic E-state index is 14.4. The van der Waals surface area contributed by atoms with E-state index in [1.165, 1.54) is 6.42 Å². The maximum Gasteiger partial charge on any atom is 0.226 e. The summed E-state index contributed by atoms with van der Waals surface area (Å²) in [5.74, 6) is -0.430. The fourth-order valence-corrected chi connectivity index (χ4v) is 6.29. The molecule has 2 saturated carbocycles. The molecule has 2 fully saturated rings. The molecule has 0 radical (unpaired) electrons. The second-order valence-corrected chi connectivity index (χ2v) is 12.3. The number of carbonyl (C=O) groups is 2. The molecule has 1 aromatic rings. The molecular weight excluding hydrogens is 480 g/mol. The average molecular weight is 531 g/mol. The molecule has 0 saturated heterocycles. The first-order valence-corrected chi connectivity index (χ1v) is 14.8. The predicted octanol–water partition coefficient (Wildman–Crippen LogP) is 3.82. The van der Waals surface area contributed by atoms with Crippen LogP contribution in [-0.2, 0) is 16.0 Å². The van der Waals surface area contributed by atoms with Gasteiger partial charge in [-0.2, -0.15) is 0 Å². The predicted molar refractivity (Wildman–Crippen MR) is 149 cm³/mol. The van der Waals surface area contributed by atoms with Crippen molar-refractivity contribution in [1.82, 2.24) is 4.90 Å². The lowest BCUT2D eigenvalue weighted by atomic mass is 9.81. The van der Waals surface area contributed by atoms with E-state index in [-0.39, 0.29) is 24.9 Å². The summed E-state index contributed by atoms with van der Waals surface area (Å²) in [4.78, 5) is 28.1. The molecule has 2 amide bonds. The summed E-state index contributed by atoms with van der Waals surface area (Å²) in [7, 11) is 0. The third kappa shape index (κ3) is 9.35. The van der Waals surface area contributed by atoms with Gasteiger partial charge >= 0.3 is 0 Å². The molecular formula is C31H50N2O5. The van der Waals surface area contributed by atoms with Crippen molar-refractivity contribution < 1.29 is 24.9 Å². The van der Waals surface area contributed by atoms with Crippen molar-refractivity contribution in [3.8, 4) is 0 Å². The molecule has 214 valence electrons. The second kappa shape index (κ2) is 15.0. The molecule has 3 rings (SSSR count). The smallest absolute Gasteiger partial charge is 0.226 e. The SMILES string of the molecule is CC(C)C[C@H](O)[C@H](O)[C@H](CC1CCCCC1)N(C(=O)[C@@H](CC(N)=O)CC1CC1)[C@H](CO)Cc1ccccc1. The highest BCUT2D eigenvalue weighted by Crippen LogP contribution is 2.38. The fraction of sp³-hybridized carbons (Fsp3) is 0.742. The monoisotopic (exact) mass is 530 g/mol. The van der Waals surface area contributed by atoms with Gasteiger partial charge in [-0.15, -0.1) is 0 Å².